The molecule has 1 fully saturated rings. The maximum absolute atomic E-state index is 13.6. The van der Waals surface area contributed by atoms with Crippen molar-refractivity contribution in [2.24, 2.45) is 0 Å². The third kappa shape index (κ3) is 4.88. The molecule has 5 rings (SSSR count). The summed E-state index contributed by atoms with van der Waals surface area (Å²) < 4.78 is 7.37. The highest BCUT2D eigenvalue weighted by Crippen LogP contribution is 2.24. The minimum absolute atomic E-state index is 0.0217. The van der Waals surface area contributed by atoms with Crippen molar-refractivity contribution in [2.45, 2.75) is 19.9 Å². The van der Waals surface area contributed by atoms with Crippen molar-refractivity contribution in [3.63, 3.8) is 0 Å². The number of amides is 1. The predicted molar refractivity (Wildman–Crippen MR) is 141 cm³/mol. The first kappa shape index (κ1) is 23.8. The number of carbonyl (C=O) groups excluding carboxylic acids is 1. The Kier molecular flexibility index (Phi) is 6.82. The van der Waals surface area contributed by atoms with E-state index >= 15 is 0 Å². The molecule has 1 saturated heterocycles. The number of ether oxygens (including phenoxy) is 1. The van der Waals surface area contributed by atoms with Crippen LogP contribution < -0.4 is 10.3 Å². The standard InChI is InChI=1S/C29H30N4O3/c1-21-12-14-23(15-13-21)33-28(30-26-11-7-6-10-25(26)29(33)35)22(2)31-16-18-32(19-17-31)27(34)20-36-24-8-4-3-5-9-24/h3-15,22H,16-20H2,1-2H3. The summed E-state index contributed by atoms with van der Waals surface area (Å²) in [6.07, 6.45) is 0. The van der Waals surface area contributed by atoms with E-state index in [4.69, 9.17) is 9.72 Å². The van der Waals surface area contributed by atoms with Crippen LogP contribution in [-0.4, -0.2) is 58.0 Å². The Hall–Kier alpha value is -3.97. The molecular weight excluding hydrogens is 452 g/mol. The number of aromatic nitrogens is 2. The van der Waals surface area contributed by atoms with Crippen molar-refractivity contribution in [1.29, 1.82) is 0 Å². The van der Waals surface area contributed by atoms with E-state index in [1.165, 1.54) is 0 Å². The fraction of sp³-hybridized carbons (Fsp3) is 0.276. The lowest BCUT2D eigenvalue weighted by atomic mass is 10.1. The number of hydrogen-bond donors (Lipinski definition) is 0. The zero-order valence-electron chi connectivity index (χ0n) is 20.6. The summed E-state index contributed by atoms with van der Waals surface area (Å²) in [6.45, 7) is 6.72. The lowest BCUT2D eigenvalue weighted by Crippen LogP contribution is -2.51. The van der Waals surface area contributed by atoms with E-state index in [0.29, 0.717) is 48.7 Å². The number of carbonyl (C=O) groups is 1. The molecular formula is C29H30N4O3. The van der Waals surface area contributed by atoms with Crippen molar-refractivity contribution in [3.8, 4) is 11.4 Å². The molecule has 7 nitrogen and oxygen atoms in total. The van der Waals surface area contributed by atoms with Crippen LogP contribution in [0.25, 0.3) is 16.6 Å². The number of benzene rings is 3. The average Bonchev–Trinajstić information content (AvgIpc) is 2.92. The topological polar surface area (TPSA) is 67.7 Å². The molecule has 184 valence electrons. The molecule has 1 atom stereocenters. The quantitative estimate of drug-likeness (QED) is 0.416. The van der Waals surface area contributed by atoms with Crippen molar-refractivity contribution in [1.82, 2.24) is 19.4 Å². The van der Waals surface area contributed by atoms with Gasteiger partial charge in [-0.2, -0.15) is 0 Å². The number of para-hydroxylation sites is 2. The number of fused-ring (bicyclic) bond motifs is 1. The summed E-state index contributed by atoms with van der Waals surface area (Å²) in [5, 5.41) is 0.600. The molecule has 0 radical (unpaired) electrons. The Morgan fingerprint density at radius 2 is 1.58 bits per heavy atom. The van der Waals surface area contributed by atoms with Crippen LogP contribution in [-0.2, 0) is 4.79 Å². The molecule has 1 aliphatic heterocycles. The van der Waals surface area contributed by atoms with E-state index in [9.17, 15) is 9.59 Å². The van der Waals surface area contributed by atoms with Gasteiger partial charge in [-0.1, -0.05) is 48.0 Å². The first-order chi connectivity index (χ1) is 17.5. The molecule has 4 aromatic rings. The van der Waals surface area contributed by atoms with E-state index < -0.39 is 0 Å². The molecule has 1 unspecified atom stereocenters. The van der Waals surface area contributed by atoms with Crippen LogP contribution in [0.5, 0.6) is 5.75 Å². The van der Waals surface area contributed by atoms with Crippen LogP contribution in [0.4, 0.5) is 0 Å². The lowest BCUT2D eigenvalue weighted by Gasteiger charge is -2.38. The molecule has 0 spiro atoms. The third-order valence-electron chi connectivity index (χ3n) is 6.79. The third-order valence-corrected chi connectivity index (χ3v) is 6.79. The Morgan fingerprint density at radius 3 is 2.31 bits per heavy atom. The van der Waals surface area contributed by atoms with E-state index in [-0.39, 0.29) is 24.1 Å². The summed E-state index contributed by atoms with van der Waals surface area (Å²) in [6, 6.07) is 24.7. The fourth-order valence-electron chi connectivity index (χ4n) is 4.65. The van der Waals surface area contributed by atoms with Gasteiger partial charge < -0.3 is 9.64 Å². The lowest BCUT2D eigenvalue weighted by molar-refractivity contribution is -0.135. The summed E-state index contributed by atoms with van der Waals surface area (Å²) in [5.41, 5.74) is 2.56. The van der Waals surface area contributed by atoms with Crippen LogP contribution in [0.2, 0.25) is 0 Å². The Balaban J connectivity index is 1.35. The molecule has 0 saturated carbocycles. The fourth-order valence-corrected chi connectivity index (χ4v) is 4.65. The summed E-state index contributed by atoms with van der Waals surface area (Å²) >= 11 is 0. The van der Waals surface area contributed by atoms with Crippen LogP contribution in [0, 0.1) is 6.92 Å². The number of nitrogens with zero attached hydrogens (tertiary/aromatic N) is 4. The van der Waals surface area contributed by atoms with Gasteiger partial charge in [-0.15, -0.1) is 0 Å². The van der Waals surface area contributed by atoms with Gasteiger partial charge >= 0.3 is 0 Å². The van der Waals surface area contributed by atoms with Crippen LogP contribution in [0.3, 0.4) is 0 Å². The SMILES string of the molecule is Cc1ccc(-n2c(C(C)N3CCN(C(=O)COc4ccccc4)CC3)nc3ccccc3c2=O)cc1. The van der Waals surface area contributed by atoms with Gasteiger partial charge in [0, 0.05) is 26.2 Å². The van der Waals surface area contributed by atoms with Gasteiger partial charge in [-0.3, -0.25) is 19.1 Å². The van der Waals surface area contributed by atoms with Crippen molar-refractivity contribution in [2.75, 3.05) is 32.8 Å². The van der Waals surface area contributed by atoms with E-state index in [0.717, 1.165) is 11.3 Å². The second-order valence-electron chi connectivity index (χ2n) is 9.16. The van der Waals surface area contributed by atoms with Crippen LogP contribution in [0.15, 0.2) is 83.7 Å². The molecule has 3 aromatic carbocycles. The number of piperazine rings is 1. The van der Waals surface area contributed by atoms with Gasteiger partial charge in [0.25, 0.3) is 11.5 Å². The summed E-state index contributed by atoms with van der Waals surface area (Å²) in [5.74, 6) is 1.37. The molecule has 2 heterocycles. The minimum atomic E-state index is -0.110. The number of rotatable bonds is 6. The summed E-state index contributed by atoms with van der Waals surface area (Å²) in [4.78, 5) is 35.4. The molecule has 0 bridgehead atoms. The van der Waals surface area contributed by atoms with Gasteiger partial charge in [-0.05, 0) is 50.2 Å². The predicted octanol–water partition coefficient (Wildman–Crippen LogP) is 3.98. The Morgan fingerprint density at radius 1 is 0.917 bits per heavy atom. The Bertz CT molecular complexity index is 1410. The molecule has 7 heteroatoms. The van der Waals surface area contributed by atoms with Crippen molar-refractivity contribution in [3.05, 3.63) is 101 Å². The molecule has 1 aromatic heterocycles. The largest absolute Gasteiger partial charge is 0.484 e. The first-order valence-corrected chi connectivity index (χ1v) is 12.3. The average molecular weight is 483 g/mol. The van der Waals surface area contributed by atoms with Gasteiger partial charge in [0.15, 0.2) is 6.61 Å². The highest BCUT2D eigenvalue weighted by Gasteiger charge is 2.28. The maximum atomic E-state index is 13.6. The highest BCUT2D eigenvalue weighted by atomic mass is 16.5. The second-order valence-corrected chi connectivity index (χ2v) is 9.16. The summed E-state index contributed by atoms with van der Waals surface area (Å²) in [7, 11) is 0. The van der Waals surface area contributed by atoms with Crippen LogP contribution >= 0.6 is 0 Å². The van der Waals surface area contributed by atoms with Crippen molar-refractivity contribution >= 4 is 16.8 Å². The zero-order chi connectivity index (χ0) is 25.1. The van der Waals surface area contributed by atoms with Gasteiger partial charge in [-0.25, -0.2) is 4.98 Å². The first-order valence-electron chi connectivity index (χ1n) is 12.3. The van der Waals surface area contributed by atoms with Gasteiger partial charge in [0.05, 0.1) is 22.6 Å². The van der Waals surface area contributed by atoms with E-state index in [2.05, 4.69) is 11.8 Å². The monoisotopic (exact) mass is 482 g/mol. The van der Waals surface area contributed by atoms with Crippen LogP contribution in [0.1, 0.15) is 24.4 Å². The maximum Gasteiger partial charge on any atom is 0.266 e. The minimum Gasteiger partial charge on any atom is -0.484 e. The number of aryl methyl sites for hydroxylation is 1. The second kappa shape index (κ2) is 10.3. The zero-order valence-corrected chi connectivity index (χ0v) is 20.6. The highest BCUT2D eigenvalue weighted by molar-refractivity contribution is 5.78. The smallest absolute Gasteiger partial charge is 0.266 e. The molecule has 36 heavy (non-hydrogen) atoms. The Labute approximate surface area is 210 Å². The van der Waals surface area contributed by atoms with E-state index in [1.54, 1.807) is 4.57 Å². The van der Waals surface area contributed by atoms with Crippen molar-refractivity contribution < 1.29 is 9.53 Å². The molecule has 0 N–H and O–H groups in total. The number of hydrogen-bond acceptors (Lipinski definition) is 5. The van der Waals surface area contributed by atoms with Gasteiger partial charge in [0.2, 0.25) is 0 Å². The molecule has 1 aliphatic rings. The molecule has 0 aliphatic carbocycles. The van der Waals surface area contributed by atoms with E-state index in [1.807, 2.05) is 90.7 Å². The normalized spacial score (nSPS) is 15.1. The van der Waals surface area contributed by atoms with Gasteiger partial charge in [0.1, 0.15) is 11.6 Å². The molecule has 1 amide bonds.